The van der Waals surface area contributed by atoms with Crippen molar-refractivity contribution in [3.8, 4) is 0 Å². The first-order chi connectivity index (χ1) is 7.05. The molecule has 0 saturated carbocycles. The number of rotatable bonds is 2. The van der Waals surface area contributed by atoms with Crippen LogP contribution in [0.25, 0.3) is 4.85 Å². The molecule has 0 amide bonds. The molecule has 0 bridgehead atoms. The summed E-state index contributed by atoms with van der Waals surface area (Å²) in [6, 6.07) is 0.108. The van der Waals surface area contributed by atoms with Gasteiger partial charge in [0.05, 0.1) is 6.54 Å². The van der Waals surface area contributed by atoms with Crippen molar-refractivity contribution in [1.82, 2.24) is 4.90 Å². The summed E-state index contributed by atoms with van der Waals surface area (Å²) in [5.41, 5.74) is 0.0167. The Labute approximate surface area is 91.3 Å². The van der Waals surface area contributed by atoms with E-state index >= 15 is 0 Å². The standard InChI is InChI=1S/C12H19FN2/c1-9(2)4-12-5-10(13)7-15(12)8-11(6-12)14-3/h9-11H,4-8H2,1-2H3/t10-,11?,12-/m1/s1. The molecule has 84 valence electrons. The number of hydrogen-bond donors (Lipinski definition) is 0. The van der Waals surface area contributed by atoms with E-state index in [1.165, 1.54) is 0 Å². The van der Waals surface area contributed by atoms with Gasteiger partial charge in [-0.05, 0) is 18.8 Å². The average molecular weight is 210 g/mol. The Hall–Kier alpha value is -0.620. The summed E-state index contributed by atoms with van der Waals surface area (Å²) in [6.45, 7) is 12.8. The molecule has 3 atom stereocenters. The molecule has 2 saturated heterocycles. The first-order valence-electron chi connectivity index (χ1n) is 5.81. The van der Waals surface area contributed by atoms with Crippen LogP contribution < -0.4 is 0 Å². The minimum Gasteiger partial charge on any atom is -0.312 e. The Morgan fingerprint density at radius 3 is 2.80 bits per heavy atom. The van der Waals surface area contributed by atoms with Crippen LogP contribution in [0.15, 0.2) is 0 Å². The fraction of sp³-hybridized carbons (Fsp3) is 0.917. The molecule has 0 radical (unpaired) electrons. The summed E-state index contributed by atoms with van der Waals surface area (Å²) < 4.78 is 13.5. The third kappa shape index (κ3) is 1.88. The summed E-state index contributed by atoms with van der Waals surface area (Å²) >= 11 is 0. The van der Waals surface area contributed by atoms with Crippen LogP contribution in [0, 0.1) is 12.5 Å². The lowest BCUT2D eigenvalue weighted by Gasteiger charge is -2.32. The van der Waals surface area contributed by atoms with Gasteiger partial charge in [0, 0.05) is 18.5 Å². The van der Waals surface area contributed by atoms with Gasteiger partial charge >= 0.3 is 0 Å². The minimum atomic E-state index is -0.671. The number of nitrogens with zero attached hydrogens (tertiary/aromatic N) is 2. The second kappa shape index (κ2) is 3.75. The van der Waals surface area contributed by atoms with Gasteiger partial charge in [-0.2, -0.15) is 0 Å². The molecule has 2 rings (SSSR count). The summed E-state index contributed by atoms with van der Waals surface area (Å²) in [4.78, 5) is 5.87. The third-order valence-electron chi connectivity index (χ3n) is 3.71. The topological polar surface area (TPSA) is 7.60 Å². The van der Waals surface area contributed by atoms with Crippen LogP contribution in [0.3, 0.4) is 0 Å². The van der Waals surface area contributed by atoms with Gasteiger partial charge in [0.15, 0.2) is 0 Å². The molecule has 0 aliphatic carbocycles. The first kappa shape index (κ1) is 10.9. The molecule has 3 heteroatoms. The lowest BCUT2D eigenvalue weighted by Crippen LogP contribution is -2.39. The van der Waals surface area contributed by atoms with Crippen molar-refractivity contribution in [2.24, 2.45) is 5.92 Å². The summed E-state index contributed by atoms with van der Waals surface area (Å²) in [5, 5.41) is 0. The largest absolute Gasteiger partial charge is 0.312 e. The van der Waals surface area contributed by atoms with Crippen LogP contribution in [-0.2, 0) is 0 Å². The van der Waals surface area contributed by atoms with Crippen molar-refractivity contribution < 1.29 is 4.39 Å². The summed E-state index contributed by atoms with van der Waals surface area (Å²) in [5.74, 6) is 0.585. The van der Waals surface area contributed by atoms with Gasteiger partial charge in [-0.3, -0.25) is 4.90 Å². The molecule has 0 spiro atoms. The van der Waals surface area contributed by atoms with Crippen LogP contribution in [-0.4, -0.2) is 35.7 Å². The van der Waals surface area contributed by atoms with Crippen molar-refractivity contribution in [3.63, 3.8) is 0 Å². The van der Waals surface area contributed by atoms with Crippen molar-refractivity contribution >= 4 is 0 Å². The highest BCUT2D eigenvalue weighted by atomic mass is 19.1. The SMILES string of the molecule is [C-]#[N+]C1CN2C[C@H](F)C[C@]2(CC(C)C)C1. The Morgan fingerprint density at radius 2 is 2.20 bits per heavy atom. The molecule has 2 fully saturated rings. The van der Waals surface area contributed by atoms with Crippen LogP contribution >= 0.6 is 0 Å². The fourth-order valence-electron chi connectivity index (χ4n) is 3.42. The molecule has 2 aliphatic rings. The molecule has 1 unspecified atom stereocenters. The van der Waals surface area contributed by atoms with Gasteiger partial charge in [-0.15, -0.1) is 0 Å². The number of halogens is 1. The van der Waals surface area contributed by atoms with Gasteiger partial charge < -0.3 is 4.85 Å². The van der Waals surface area contributed by atoms with Gasteiger partial charge in [0.1, 0.15) is 6.17 Å². The van der Waals surface area contributed by atoms with Gasteiger partial charge in [-0.1, -0.05) is 13.8 Å². The van der Waals surface area contributed by atoms with E-state index in [0.29, 0.717) is 18.9 Å². The minimum absolute atomic E-state index is 0.0167. The highest BCUT2D eigenvalue weighted by Gasteiger charge is 2.54. The van der Waals surface area contributed by atoms with Crippen LogP contribution in [0.1, 0.15) is 33.1 Å². The Bertz CT molecular complexity index is 284. The summed E-state index contributed by atoms with van der Waals surface area (Å²) in [6.07, 6.45) is 1.90. The fourth-order valence-corrected chi connectivity index (χ4v) is 3.42. The van der Waals surface area contributed by atoms with E-state index in [-0.39, 0.29) is 11.6 Å². The second-order valence-electron chi connectivity index (χ2n) is 5.52. The van der Waals surface area contributed by atoms with E-state index in [2.05, 4.69) is 23.6 Å². The zero-order valence-electron chi connectivity index (χ0n) is 9.54. The van der Waals surface area contributed by atoms with E-state index < -0.39 is 6.17 Å². The van der Waals surface area contributed by atoms with E-state index in [4.69, 9.17) is 6.57 Å². The average Bonchev–Trinajstić information content (AvgIpc) is 2.54. The van der Waals surface area contributed by atoms with Crippen LogP contribution in [0.2, 0.25) is 0 Å². The monoisotopic (exact) mass is 210 g/mol. The van der Waals surface area contributed by atoms with Gasteiger partial charge in [0.25, 0.3) is 0 Å². The lowest BCUT2D eigenvalue weighted by atomic mass is 9.84. The zero-order valence-corrected chi connectivity index (χ0v) is 9.54. The summed E-state index contributed by atoms with van der Waals surface area (Å²) in [7, 11) is 0. The molecule has 0 aromatic heterocycles. The molecule has 15 heavy (non-hydrogen) atoms. The maximum absolute atomic E-state index is 13.5. The van der Waals surface area contributed by atoms with Crippen molar-refractivity contribution in [2.45, 2.75) is 50.9 Å². The highest BCUT2D eigenvalue weighted by Crippen LogP contribution is 2.44. The number of alkyl halides is 1. The lowest BCUT2D eigenvalue weighted by molar-refractivity contribution is 0.163. The molecular weight excluding hydrogens is 191 g/mol. The van der Waals surface area contributed by atoms with E-state index in [9.17, 15) is 4.39 Å². The predicted molar refractivity (Wildman–Crippen MR) is 58.3 cm³/mol. The predicted octanol–water partition coefficient (Wildman–Crippen LogP) is 2.51. The van der Waals surface area contributed by atoms with E-state index in [1.807, 2.05) is 0 Å². The maximum Gasteiger partial charge on any atom is 0.238 e. The second-order valence-corrected chi connectivity index (χ2v) is 5.52. The van der Waals surface area contributed by atoms with Gasteiger partial charge in [0.2, 0.25) is 6.04 Å². The number of fused-ring (bicyclic) bond motifs is 1. The molecule has 2 nitrogen and oxygen atoms in total. The maximum atomic E-state index is 13.5. The molecular formula is C12H19FN2. The highest BCUT2D eigenvalue weighted by molar-refractivity contribution is 5.10. The molecule has 0 aromatic rings. The van der Waals surface area contributed by atoms with Crippen molar-refractivity contribution in [1.29, 1.82) is 0 Å². The van der Waals surface area contributed by atoms with Crippen LogP contribution in [0.4, 0.5) is 4.39 Å². The molecule has 0 aromatic carbocycles. The van der Waals surface area contributed by atoms with Crippen molar-refractivity contribution in [2.75, 3.05) is 13.1 Å². The van der Waals surface area contributed by atoms with E-state index in [0.717, 1.165) is 19.4 Å². The Balaban J connectivity index is 2.14. The van der Waals surface area contributed by atoms with Crippen LogP contribution in [0.5, 0.6) is 0 Å². The smallest absolute Gasteiger partial charge is 0.238 e. The molecule has 2 heterocycles. The third-order valence-corrected chi connectivity index (χ3v) is 3.71. The number of hydrogen-bond acceptors (Lipinski definition) is 1. The first-order valence-corrected chi connectivity index (χ1v) is 5.81. The van der Waals surface area contributed by atoms with Gasteiger partial charge in [-0.25, -0.2) is 11.0 Å². The van der Waals surface area contributed by atoms with Crippen molar-refractivity contribution in [3.05, 3.63) is 11.4 Å². The Kier molecular flexibility index (Phi) is 2.72. The molecule has 2 aliphatic heterocycles. The Morgan fingerprint density at radius 1 is 1.47 bits per heavy atom. The van der Waals surface area contributed by atoms with E-state index in [1.54, 1.807) is 0 Å². The quantitative estimate of drug-likeness (QED) is 0.635. The normalized spacial score (nSPS) is 40.7. The zero-order chi connectivity index (χ0) is 11.1. The molecule has 0 N–H and O–H groups in total.